The van der Waals surface area contributed by atoms with E-state index in [0.717, 1.165) is 46.7 Å². The van der Waals surface area contributed by atoms with Crippen molar-refractivity contribution in [1.29, 1.82) is 0 Å². The Kier molecular flexibility index (Phi) is 24.3. The fourth-order valence-corrected chi connectivity index (χ4v) is 13.7. The molecule has 4 heterocycles. The van der Waals surface area contributed by atoms with Gasteiger partial charge in [-0.25, -0.2) is 0 Å². The van der Waals surface area contributed by atoms with Crippen LogP contribution in [0.1, 0.15) is 80.5 Å². The first-order valence-electron chi connectivity index (χ1n) is 30.3. The zero-order valence-corrected chi connectivity index (χ0v) is 55.2. The smallest absolute Gasteiger partial charge is 0.870 e. The van der Waals surface area contributed by atoms with Gasteiger partial charge in [-0.05, 0) is 105 Å². The number of ether oxygens (including phenoxy) is 1. The van der Waals surface area contributed by atoms with Crippen molar-refractivity contribution in [3.05, 3.63) is 204 Å². The number of anilines is 2. The van der Waals surface area contributed by atoms with Gasteiger partial charge in [-0.1, -0.05) is 158 Å². The SMILES string of the molecule is CCOC(=O)CCN1CN(c2ccccc2)C2(CCN(CCC(C(=O)N(C)C)(c3ccccc3)c3ccccc3)CC2)C1=O.CN(C)C(=O)C(CCN1CCC2(CC1)C(=O)N(CCC(=O)O)CN2c1ccccc1)(c1ccccc1)c1ccccc1.[K+].[OH-]. The number of nitrogens with zero attached hydrogens (tertiary/aromatic N) is 8. The standard InChI is InChI=1S/C36H44N4O4.C34H40N4O4.K.H2O/c1-4-44-32(41)20-24-39-28-40(31-18-12-7-13-19-31)35(33(39)42)21-25-38(26-22-35)27-23-36(34(43)37(2)3,29-14-8-5-9-15-29)30-16-10-6-11-17-30;1-35(2)32(42)34(27-12-6-3-7-13-27,28-14-8-4-9-15-28)21-25-36-23-19-33(20-24-36)31(41)37(22-18-30(39)40)26-38(33)29-16-10-5-11-17-29;;/h5-19H,4,20-28H2,1-3H3;3-17H,18-26H2,1-2H3,(H,39,40);;1H2/q;;+1;/p-1. The second kappa shape index (κ2) is 31.1. The van der Waals surface area contributed by atoms with E-state index in [1.54, 1.807) is 21.6 Å². The molecule has 4 saturated heterocycles. The van der Waals surface area contributed by atoms with Gasteiger partial charge in [0.1, 0.15) is 21.9 Å². The number of carbonyl (C=O) groups excluding carboxylic acids is 5. The van der Waals surface area contributed by atoms with Crippen LogP contribution in [0.4, 0.5) is 11.4 Å². The molecule has 6 aromatic carbocycles. The maximum absolute atomic E-state index is 14.1. The molecule has 0 unspecified atom stereocenters. The quantitative estimate of drug-likeness (QED) is 0.0710. The van der Waals surface area contributed by atoms with Crippen molar-refractivity contribution in [2.45, 2.75) is 80.2 Å². The zero-order valence-electron chi connectivity index (χ0n) is 52.1. The van der Waals surface area contributed by atoms with E-state index in [9.17, 15) is 33.9 Å². The number of para-hydroxylation sites is 2. The number of amides is 4. The van der Waals surface area contributed by atoms with Gasteiger partial charge in [0.05, 0.1) is 32.8 Å². The number of esters is 1. The Morgan fingerprint density at radius 3 is 1.06 bits per heavy atom. The third kappa shape index (κ3) is 14.6. The van der Waals surface area contributed by atoms with Crippen LogP contribution >= 0.6 is 0 Å². The van der Waals surface area contributed by atoms with Crippen molar-refractivity contribution < 1.29 is 95.5 Å². The molecule has 4 aliphatic rings. The Morgan fingerprint density at radius 2 is 0.773 bits per heavy atom. The minimum Gasteiger partial charge on any atom is -0.870 e. The Labute approximate surface area is 561 Å². The summed E-state index contributed by atoms with van der Waals surface area (Å²) in [5, 5.41) is 9.26. The Hall–Kier alpha value is -6.74. The summed E-state index contributed by atoms with van der Waals surface area (Å²) in [5.74, 6) is -0.994. The summed E-state index contributed by atoms with van der Waals surface area (Å²) in [5.41, 5.74) is 2.86. The van der Waals surface area contributed by atoms with Crippen LogP contribution in [0.3, 0.4) is 0 Å². The number of carboxylic acids is 1. The minimum absolute atomic E-state index is 0. The number of carboxylic acid groups (broad SMARTS) is 1. The summed E-state index contributed by atoms with van der Waals surface area (Å²) in [6, 6.07) is 60.3. The third-order valence-corrected chi connectivity index (χ3v) is 18.2. The predicted molar refractivity (Wildman–Crippen MR) is 337 cm³/mol. The second-order valence-corrected chi connectivity index (χ2v) is 23.6. The Morgan fingerprint density at radius 1 is 0.477 bits per heavy atom. The van der Waals surface area contributed by atoms with Crippen LogP contribution in [0.5, 0.6) is 0 Å². The van der Waals surface area contributed by atoms with Gasteiger partial charge in [0.15, 0.2) is 0 Å². The van der Waals surface area contributed by atoms with E-state index in [2.05, 4.69) is 56.0 Å². The van der Waals surface area contributed by atoms with E-state index in [-0.39, 0.29) is 106 Å². The molecule has 18 heteroatoms. The molecule has 0 saturated carbocycles. The Bertz CT molecular complexity index is 3140. The first-order chi connectivity index (χ1) is 41.6. The summed E-state index contributed by atoms with van der Waals surface area (Å²) in [4.78, 5) is 95.5. The van der Waals surface area contributed by atoms with Gasteiger partial charge in [-0.2, -0.15) is 0 Å². The molecule has 6 aromatic rings. The molecule has 4 aliphatic heterocycles. The number of rotatable bonds is 21. The van der Waals surface area contributed by atoms with Crippen molar-refractivity contribution in [3.63, 3.8) is 0 Å². The van der Waals surface area contributed by atoms with Gasteiger partial charge >= 0.3 is 63.3 Å². The van der Waals surface area contributed by atoms with Gasteiger partial charge in [-0.15, -0.1) is 0 Å². The van der Waals surface area contributed by atoms with Gasteiger partial charge in [0, 0.05) is 78.8 Å². The van der Waals surface area contributed by atoms with E-state index >= 15 is 0 Å². The van der Waals surface area contributed by atoms with Gasteiger partial charge < -0.3 is 54.5 Å². The van der Waals surface area contributed by atoms with Gasteiger partial charge in [0.25, 0.3) is 0 Å². The number of hydrogen-bond donors (Lipinski definition) is 1. The number of likely N-dealkylation sites (tertiary alicyclic amines) is 2. The molecule has 4 amide bonds. The van der Waals surface area contributed by atoms with Crippen molar-refractivity contribution in [1.82, 2.24) is 29.4 Å². The molecule has 0 aliphatic carbocycles. The summed E-state index contributed by atoms with van der Waals surface area (Å²) < 4.78 is 5.12. The van der Waals surface area contributed by atoms with E-state index in [1.807, 2.05) is 179 Å². The van der Waals surface area contributed by atoms with Crippen molar-refractivity contribution in [3.8, 4) is 0 Å². The van der Waals surface area contributed by atoms with Crippen LogP contribution in [-0.4, -0.2) is 187 Å². The summed E-state index contributed by atoms with van der Waals surface area (Å²) in [7, 11) is 7.28. The molecule has 17 nitrogen and oxygen atoms in total. The van der Waals surface area contributed by atoms with Crippen LogP contribution in [0, 0.1) is 0 Å². The molecular formula is C70H85KN8O9. The topological polar surface area (TPSA) is 188 Å². The average molecular weight is 1220 g/mol. The molecule has 88 heavy (non-hydrogen) atoms. The molecule has 460 valence electrons. The molecule has 0 atom stereocenters. The van der Waals surface area contributed by atoms with Gasteiger partial charge in [-0.3, -0.25) is 28.8 Å². The van der Waals surface area contributed by atoms with E-state index in [4.69, 9.17) is 4.74 Å². The molecule has 2 spiro atoms. The van der Waals surface area contributed by atoms with Crippen LogP contribution in [0.15, 0.2) is 182 Å². The van der Waals surface area contributed by atoms with Gasteiger partial charge in [0.2, 0.25) is 23.6 Å². The normalized spacial score (nSPS) is 16.5. The molecule has 2 N–H and O–H groups in total. The number of carbonyl (C=O) groups is 6. The van der Waals surface area contributed by atoms with Crippen molar-refractivity contribution in [2.24, 2.45) is 0 Å². The van der Waals surface area contributed by atoms with Crippen LogP contribution in [0.2, 0.25) is 0 Å². The summed E-state index contributed by atoms with van der Waals surface area (Å²) in [6.45, 7) is 7.79. The van der Waals surface area contributed by atoms with Crippen LogP contribution < -0.4 is 61.2 Å². The maximum Gasteiger partial charge on any atom is 1.00 e. The first kappa shape index (κ1) is 68.7. The van der Waals surface area contributed by atoms with Crippen molar-refractivity contribution in [2.75, 3.05) is 110 Å². The molecule has 10 rings (SSSR count). The van der Waals surface area contributed by atoms with Crippen LogP contribution in [-0.2, 0) is 44.3 Å². The third-order valence-electron chi connectivity index (χ3n) is 18.2. The van der Waals surface area contributed by atoms with Crippen molar-refractivity contribution >= 4 is 46.9 Å². The number of benzene rings is 6. The minimum atomic E-state index is -0.905. The first-order valence-corrected chi connectivity index (χ1v) is 30.3. The largest absolute Gasteiger partial charge is 1.00 e. The predicted octanol–water partition coefficient (Wildman–Crippen LogP) is 5.44. The van der Waals surface area contributed by atoms with E-state index in [1.165, 1.54) is 0 Å². The average Bonchev–Trinajstić information content (AvgIpc) is 1.56. The Balaban J connectivity index is 0.000000246. The van der Waals surface area contributed by atoms with E-state index in [0.29, 0.717) is 91.2 Å². The van der Waals surface area contributed by atoms with E-state index < -0.39 is 27.9 Å². The molecule has 4 fully saturated rings. The molecule has 0 aromatic heterocycles. The molecule has 0 bridgehead atoms. The monoisotopic (exact) mass is 1220 g/mol. The van der Waals surface area contributed by atoms with Crippen LogP contribution in [0.25, 0.3) is 0 Å². The fraction of sp³-hybridized carbons (Fsp3) is 0.400. The summed E-state index contributed by atoms with van der Waals surface area (Å²) in [6.07, 6.45) is 3.94. The second-order valence-electron chi connectivity index (χ2n) is 23.6. The fourth-order valence-electron chi connectivity index (χ4n) is 13.7. The zero-order chi connectivity index (χ0) is 60.9. The number of piperidine rings is 2. The molecular weight excluding hydrogens is 1140 g/mol. The molecule has 0 radical (unpaired) electrons. The number of hydrogen-bond acceptors (Lipinski definition) is 12. The number of aliphatic carboxylic acids is 1. The maximum atomic E-state index is 14.1. The number of likely N-dealkylation sites (N-methyl/N-ethyl adjacent to an activating group) is 2. The summed E-state index contributed by atoms with van der Waals surface area (Å²) >= 11 is 0.